The van der Waals surface area contributed by atoms with Crippen LogP contribution in [0.3, 0.4) is 0 Å². The van der Waals surface area contributed by atoms with Crippen molar-refractivity contribution in [2.45, 2.75) is 0 Å². The van der Waals surface area contributed by atoms with E-state index >= 15 is 0 Å². The normalized spacial score (nSPS) is 14.2. The number of nitrogens with zero attached hydrogens (tertiary/aromatic N) is 2. The summed E-state index contributed by atoms with van der Waals surface area (Å²) in [5, 5.41) is 15.1. The molecule has 1 heterocycles. The molecule has 94 valence electrons. The minimum absolute atomic E-state index is 0.0253. The van der Waals surface area contributed by atoms with Gasteiger partial charge in [0.05, 0.1) is 22.3 Å². The van der Waals surface area contributed by atoms with Gasteiger partial charge in [0, 0.05) is 26.2 Å². The Bertz CT molecular complexity index is 497. The van der Waals surface area contributed by atoms with E-state index in [1.54, 1.807) is 23.1 Å². The fourth-order valence-electron chi connectivity index (χ4n) is 1.78. The van der Waals surface area contributed by atoms with Crippen molar-refractivity contribution in [2.75, 3.05) is 31.5 Å². The summed E-state index contributed by atoms with van der Waals surface area (Å²) in [6.07, 6.45) is 0. The van der Waals surface area contributed by atoms with Crippen LogP contribution in [0.1, 0.15) is 5.56 Å². The zero-order valence-electron chi connectivity index (χ0n) is 9.74. The molecule has 0 radical (unpaired) electrons. The van der Waals surface area contributed by atoms with Crippen LogP contribution in [0, 0.1) is 11.3 Å². The molecule has 18 heavy (non-hydrogen) atoms. The van der Waals surface area contributed by atoms with E-state index in [9.17, 15) is 4.79 Å². The number of nitriles is 1. The van der Waals surface area contributed by atoms with Gasteiger partial charge in [0.1, 0.15) is 0 Å². The molecule has 0 bridgehead atoms. The SMILES string of the molecule is N#Cc1ccc(NCCN2CCNC2=O)c(Cl)c1. The number of hydrogen-bond donors (Lipinski definition) is 2. The molecule has 1 aliphatic rings. The number of hydrogen-bond acceptors (Lipinski definition) is 3. The van der Waals surface area contributed by atoms with E-state index < -0.39 is 0 Å². The Morgan fingerprint density at radius 2 is 2.39 bits per heavy atom. The van der Waals surface area contributed by atoms with Crippen molar-refractivity contribution in [3.63, 3.8) is 0 Å². The number of amides is 2. The first-order valence-electron chi connectivity index (χ1n) is 5.67. The standard InChI is InChI=1S/C12H13ClN4O/c13-10-7-9(8-14)1-2-11(10)15-3-5-17-6-4-16-12(17)18/h1-2,7,15H,3-6H2,(H,16,18). The lowest BCUT2D eigenvalue weighted by molar-refractivity contribution is 0.219. The first-order valence-corrected chi connectivity index (χ1v) is 6.05. The van der Waals surface area contributed by atoms with Crippen molar-refractivity contribution in [3.05, 3.63) is 28.8 Å². The molecule has 6 heteroatoms. The predicted octanol–water partition coefficient (Wildman–Crippen LogP) is 1.65. The quantitative estimate of drug-likeness (QED) is 0.869. The molecule has 5 nitrogen and oxygen atoms in total. The van der Waals surface area contributed by atoms with Crippen molar-refractivity contribution in [1.82, 2.24) is 10.2 Å². The van der Waals surface area contributed by atoms with Crippen LogP contribution in [0.5, 0.6) is 0 Å². The van der Waals surface area contributed by atoms with E-state index in [1.807, 2.05) is 6.07 Å². The monoisotopic (exact) mass is 264 g/mol. The van der Waals surface area contributed by atoms with Crippen LogP contribution in [0.15, 0.2) is 18.2 Å². The van der Waals surface area contributed by atoms with Crippen molar-refractivity contribution in [3.8, 4) is 6.07 Å². The molecular weight excluding hydrogens is 252 g/mol. The Labute approximate surface area is 110 Å². The number of carbonyl (C=O) groups excluding carboxylic acids is 1. The molecule has 1 aliphatic heterocycles. The lowest BCUT2D eigenvalue weighted by Crippen LogP contribution is -2.32. The van der Waals surface area contributed by atoms with Crippen LogP contribution in [0.25, 0.3) is 0 Å². The van der Waals surface area contributed by atoms with Gasteiger partial charge in [0.2, 0.25) is 0 Å². The molecule has 2 rings (SSSR count). The largest absolute Gasteiger partial charge is 0.382 e. The van der Waals surface area contributed by atoms with Crippen LogP contribution >= 0.6 is 11.6 Å². The van der Waals surface area contributed by atoms with E-state index in [4.69, 9.17) is 16.9 Å². The Morgan fingerprint density at radius 3 is 3.00 bits per heavy atom. The maximum absolute atomic E-state index is 11.3. The Morgan fingerprint density at radius 1 is 1.56 bits per heavy atom. The zero-order chi connectivity index (χ0) is 13.0. The van der Waals surface area contributed by atoms with Gasteiger partial charge < -0.3 is 15.5 Å². The lowest BCUT2D eigenvalue weighted by Gasteiger charge is -2.15. The summed E-state index contributed by atoms with van der Waals surface area (Å²) >= 11 is 6.03. The second kappa shape index (κ2) is 5.61. The van der Waals surface area contributed by atoms with Crippen molar-refractivity contribution >= 4 is 23.3 Å². The summed E-state index contributed by atoms with van der Waals surface area (Å²) in [6, 6.07) is 7.09. The molecule has 0 aliphatic carbocycles. The highest BCUT2D eigenvalue weighted by Crippen LogP contribution is 2.22. The number of carbonyl (C=O) groups is 1. The van der Waals surface area contributed by atoms with Gasteiger partial charge in [-0.15, -0.1) is 0 Å². The van der Waals surface area contributed by atoms with E-state index in [-0.39, 0.29) is 6.03 Å². The van der Waals surface area contributed by atoms with Crippen molar-refractivity contribution in [1.29, 1.82) is 5.26 Å². The number of benzene rings is 1. The summed E-state index contributed by atoms with van der Waals surface area (Å²) in [4.78, 5) is 13.0. The van der Waals surface area contributed by atoms with E-state index in [0.717, 1.165) is 12.2 Å². The molecule has 0 spiro atoms. The minimum atomic E-state index is -0.0253. The third kappa shape index (κ3) is 2.84. The Hall–Kier alpha value is -1.93. The fraction of sp³-hybridized carbons (Fsp3) is 0.333. The predicted molar refractivity (Wildman–Crippen MR) is 69.6 cm³/mol. The van der Waals surface area contributed by atoms with Gasteiger partial charge in [-0.05, 0) is 18.2 Å². The highest BCUT2D eigenvalue weighted by Gasteiger charge is 2.18. The first kappa shape index (κ1) is 12.5. The molecule has 1 aromatic rings. The molecule has 0 aromatic heterocycles. The topological polar surface area (TPSA) is 68.2 Å². The van der Waals surface area contributed by atoms with Crippen molar-refractivity contribution < 1.29 is 4.79 Å². The smallest absolute Gasteiger partial charge is 0.317 e. The van der Waals surface area contributed by atoms with Gasteiger partial charge >= 0.3 is 6.03 Å². The minimum Gasteiger partial charge on any atom is -0.382 e. The Kier molecular flexibility index (Phi) is 3.90. The van der Waals surface area contributed by atoms with Gasteiger partial charge in [-0.2, -0.15) is 5.26 Å². The van der Waals surface area contributed by atoms with Crippen molar-refractivity contribution in [2.24, 2.45) is 0 Å². The van der Waals surface area contributed by atoms with E-state index in [0.29, 0.717) is 30.2 Å². The number of nitrogens with one attached hydrogen (secondary N) is 2. The zero-order valence-corrected chi connectivity index (χ0v) is 10.5. The summed E-state index contributed by atoms with van der Waals surface area (Å²) in [5.41, 5.74) is 1.31. The van der Waals surface area contributed by atoms with Gasteiger partial charge in [-0.1, -0.05) is 11.6 Å². The number of rotatable bonds is 4. The van der Waals surface area contributed by atoms with E-state index in [2.05, 4.69) is 10.6 Å². The number of anilines is 1. The van der Waals surface area contributed by atoms with Gasteiger partial charge in [0.25, 0.3) is 0 Å². The molecule has 0 unspecified atom stereocenters. The Balaban J connectivity index is 1.87. The van der Waals surface area contributed by atoms with Crippen LogP contribution in [-0.4, -0.2) is 37.1 Å². The summed E-state index contributed by atoms with van der Waals surface area (Å²) < 4.78 is 0. The molecule has 0 saturated carbocycles. The molecular formula is C12H13ClN4O. The summed E-state index contributed by atoms with van der Waals surface area (Å²) in [7, 11) is 0. The lowest BCUT2D eigenvalue weighted by atomic mass is 10.2. The molecule has 1 aromatic carbocycles. The third-order valence-electron chi connectivity index (χ3n) is 2.74. The van der Waals surface area contributed by atoms with Gasteiger partial charge in [-0.25, -0.2) is 4.79 Å². The molecule has 2 N–H and O–H groups in total. The third-order valence-corrected chi connectivity index (χ3v) is 3.05. The maximum Gasteiger partial charge on any atom is 0.317 e. The number of halogens is 1. The second-order valence-corrected chi connectivity index (χ2v) is 4.36. The fourth-order valence-corrected chi connectivity index (χ4v) is 2.03. The summed E-state index contributed by atoms with van der Waals surface area (Å²) in [6.45, 7) is 2.69. The summed E-state index contributed by atoms with van der Waals surface area (Å²) in [5.74, 6) is 0. The van der Waals surface area contributed by atoms with Crippen LogP contribution in [-0.2, 0) is 0 Å². The average Bonchev–Trinajstić information content (AvgIpc) is 2.77. The average molecular weight is 265 g/mol. The molecule has 0 atom stereocenters. The second-order valence-electron chi connectivity index (χ2n) is 3.95. The maximum atomic E-state index is 11.3. The first-order chi connectivity index (χ1) is 8.70. The molecule has 2 amide bonds. The highest BCUT2D eigenvalue weighted by atomic mass is 35.5. The van der Waals surface area contributed by atoms with Crippen LogP contribution < -0.4 is 10.6 Å². The highest BCUT2D eigenvalue weighted by molar-refractivity contribution is 6.33. The number of urea groups is 1. The van der Waals surface area contributed by atoms with E-state index in [1.165, 1.54) is 0 Å². The van der Waals surface area contributed by atoms with Gasteiger partial charge in [0.15, 0.2) is 0 Å². The van der Waals surface area contributed by atoms with Crippen LogP contribution in [0.4, 0.5) is 10.5 Å². The van der Waals surface area contributed by atoms with Crippen LogP contribution in [0.2, 0.25) is 5.02 Å². The van der Waals surface area contributed by atoms with Gasteiger partial charge in [-0.3, -0.25) is 0 Å². The molecule has 1 fully saturated rings. The molecule has 1 saturated heterocycles.